The second kappa shape index (κ2) is 11.8. The van der Waals surface area contributed by atoms with Crippen LogP contribution in [0.3, 0.4) is 0 Å². The summed E-state index contributed by atoms with van der Waals surface area (Å²) in [5.74, 6) is 2.36. The number of hydrogen-bond acceptors (Lipinski definition) is 8. The molecule has 0 unspecified atom stereocenters. The van der Waals surface area contributed by atoms with Crippen molar-refractivity contribution >= 4 is 0 Å². The fraction of sp³-hybridized carbons (Fsp3) is 0.294. The lowest BCUT2D eigenvalue weighted by Crippen LogP contribution is -2.31. The fourth-order valence-electron chi connectivity index (χ4n) is 6.07. The zero-order chi connectivity index (χ0) is 29.2. The summed E-state index contributed by atoms with van der Waals surface area (Å²) < 4.78 is 16.7. The van der Waals surface area contributed by atoms with Gasteiger partial charge in [0.15, 0.2) is 34.5 Å². The smallest absolute Gasteiger partial charge is 0.169 e. The molecule has 5 N–H and O–H groups in total. The van der Waals surface area contributed by atoms with Gasteiger partial charge in [-0.05, 0) is 121 Å². The average molecular weight is 569 g/mol. The van der Waals surface area contributed by atoms with Crippen LogP contribution in [0.15, 0.2) is 66.7 Å². The largest absolute Gasteiger partial charge is 0.504 e. The highest BCUT2D eigenvalue weighted by Crippen LogP contribution is 2.38. The highest BCUT2D eigenvalue weighted by Gasteiger charge is 2.24. The van der Waals surface area contributed by atoms with E-state index in [1.165, 1.54) is 5.56 Å². The lowest BCUT2D eigenvalue weighted by atomic mass is 9.89. The molecule has 0 fully saturated rings. The SMILES string of the molecule is COc1cc2c(cc1O)[C@H](Cc1ccc(Oc3cc(C[C@H]4NCCc5cc(OC)c(O)cc54)ccc3O)cc1)NCC2. The van der Waals surface area contributed by atoms with Gasteiger partial charge in [-0.25, -0.2) is 0 Å². The Morgan fingerprint density at radius 3 is 1.69 bits per heavy atom. The van der Waals surface area contributed by atoms with Crippen LogP contribution in [0, 0.1) is 0 Å². The maximum atomic E-state index is 10.6. The van der Waals surface area contributed by atoms with E-state index in [9.17, 15) is 15.3 Å². The molecule has 2 heterocycles. The number of phenols is 3. The molecule has 2 aliphatic heterocycles. The maximum Gasteiger partial charge on any atom is 0.169 e. The van der Waals surface area contributed by atoms with E-state index in [-0.39, 0.29) is 29.3 Å². The van der Waals surface area contributed by atoms with Crippen LogP contribution < -0.4 is 24.8 Å². The highest BCUT2D eigenvalue weighted by molar-refractivity contribution is 5.51. The predicted molar refractivity (Wildman–Crippen MR) is 160 cm³/mol. The Kier molecular flexibility index (Phi) is 7.82. The van der Waals surface area contributed by atoms with Crippen LogP contribution in [-0.2, 0) is 25.7 Å². The van der Waals surface area contributed by atoms with Crippen LogP contribution in [0.25, 0.3) is 0 Å². The Balaban J connectivity index is 1.15. The van der Waals surface area contributed by atoms with Crippen molar-refractivity contribution in [2.24, 2.45) is 0 Å². The third kappa shape index (κ3) is 5.68. The Morgan fingerprint density at radius 2 is 1.14 bits per heavy atom. The molecule has 0 saturated carbocycles. The van der Waals surface area contributed by atoms with Gasteiger partial charge in [-0.15, -0.1) is 0 Å². The van der Waals surface area contributed by atoms with Gasteiger partial charge in [-0.3, -0.25) is 0 Å². The van der Waals surface area contributed by atoms with E-state index < -0.39 is 0 Å². The van der Waals surface area contributed by atoms with Crippen molar-refractivity contribution < 1.29 is 29.5 Å². The standard InChI is InChI=1S/C34H36N2O6/c1-40-32-16-22-9-11-35-27(25(22)18-30(32)38)13-20-3-6-24(7-4-20)42-34-15-21(5-8-29(34)37)14-28-26-19-31(39)33(41-2)17-23(26)10-12-36-28/h3-8,15-19,27-28,35-39H,9-14H2,1-2H3/t27-,28+/m0/s1. The third-order valence-electron chi connectivity index (χ3n) is 8.26. The molecule has 2 atom stereocenters. The molecule has 42 heavy (non-hydrogen) atoms. The van der Waals surface area contributed by atoms with Crippen molar-refractivity contribution in [1.82, 2.24) is 10.6 Å². The number of ether oxygens (including phenoxy) is 3. The number of nitrogens with one attached hydrogen (secondary N) is 2. The normalized spacial score (nSPS) is 17.7. The summed E-state index contributed by atoms with van der Waals surface area (Å²) in [7, 11) is 3.12. The number of phenolic OH excluding ortho intramolecular Hbond substituents is 3. The lowest BCUT2D eigenvalue weighted by molar-refractivity contribution is 0.370. The maximum absolute atomic E-state index is 10.6. The van der Waals surface area contributed by atoms with Gasteiger partial charge in [0.25, 0.3) is 0 Å². The molecule has 8 nitrogen and oxygen atoms in total. The first-order chi connectivity index (χ1) is 20.4. The van der Waals surface area contributed by atoms with E-state index in [1.54, 1.807) is 32.4 Å². The van der Waals surface area contributed by atoms with Gasteiger partial charge in [0.2, 0.25) is 0 Å². The minimum Gasteiger partial charge on any atom is -0.504 e. The highest BCUT2D eigenvalue weighted by atomic mass is 16.5. The zero-order valence-electron chi connectivity index (χ0n) is 23.8. The lowest BCUT2D eigenvalue weighted by Gasteiger charge is -2.28. The Morgan fingerprint density at radius 1 is 0.619 bits per heavy atom. The molecule has 218 valence electrons. The number of rotatable bonds is 8. The molecule has 0 spiro atoms. The first kappa shape index (κ1) is 27.8. The predicted octanol–water partition coefficient (Wildman–Crippen LogP) is 5.47. The van der Waals surface area contributed by atoms with Crippen molar-refractivity contribution in [3.05, 3.63) is 100 Å². The second-order valence-corrected chi connectivity index (χ2v) is 10.9. The fourth-order valence-corrected chi connectivity index (χ4v) is 6.07. The Bertz CT molecular complexity index is 1590. The zero-order valence-corrected chi connectivity index (χ0v) is 23.8. The van der Waals surface area contributed by atoms with Gasteiger partial charge in [0.1, 0.15) is 5.75 Å². The minimum atomic E-state index is 0.0174. The van der Waals surface area contributed by atoms with Crippen LogP contribution in [0.4, 0.5) is 0 Å². The molecular formula is C34H36N2O6. The first-order valence-corrected chi connectivity index (χ1v) is 14.3. The van der Waals surface area contributed by atoms with Crippen LogP contribution in [0.1, 0.15) is 45.5 Å². The van der Waals surface area contributed by atoms with Crippen LogP contribution in [0.5, 0.6) is 40.2 Å². The number of benzene rings is 4. The van der Waals surface area contributed by atoms with E-state index in [0.717, 1.165) is 60.2 Å². The molecule has 6 rings (SSSR count). The van der Waals surface area contributed by atoms with Crippen molar-refractivity contribution in [2.45, 2.75) is 37.8 Å². The van der Waals surface area contributed by atoms with Crippen molar-refractivity contribution in [1.29, 1.82) is 0 Å². The Labute approximate surface area is 245 Å². The summed E-state index contributed by atoms with van der Waals surface area (Å²) in [6.45, 7) is 1.69. The van der Waals surface area contributed by atoms with E-state index in [1.807, 2.05) is 48.5 Å². The summed E-state index contributed by atoms with van der Waals surface area (Å²) in [5, 5.41) is 38.3. The minimum absolute atomic E-state index is 0.0174. The van der Waals surface area contributed by atoms with Crippen LogP contribution in [-0.4, -0.2) is 42.6 Å². The van der Waals surface area contributed by atoms with Crippen molar-refractivity contribution in [3.63, 3.8) is 0 Å². The molecule has 0 saturated heterocycles. The monoisotopic (exact) mass is 568 g/mol. The summed E-state index contributed by atoms with van der Waals surface area (Å²) in [4.78, 5) is 0. The second-order valence-electron chi connectivity index (χ2n) is 10.9. The summed E-state index contributed by atoms with van der Waals surface area (Å²) >= 11 is 0. The topological polar surface area (TPSA) is 112 Å². The number of hydrogen-bond donors (Lipinski definition) is 5. The van der Waals surface area contributed by atoms with Crippen LogP contribution in [0.2, 0.25) is 0 Å². The van der Waals surface area contributed by atoms with Crippen LogP contribution >= 0.6 is 0 Å². The van der Waals surface area contributed by atoms with E-state index in [2.05, 4.69) is 10.6 Å². The molecule has 0 aliphatic carbocycles. The number of methoxy groups -OCH3 is 2. The Hall–Kier alpha value is -4.40. The van der Waals surface area contributed by atoms with Gasteiger partial charge in [-0.2, -0.15) is 0 Å². The molecule has 0 amide bonds. The van der Waals surface area contributed by atoms with E-state index in [4.69, 9.17) is 14.2 Å². The molecule has 4 aromatic carbocycles. The molecule has 0 bridgehead atoms. The van der Waals surface area contributed by atoms with Gasteiger partial charge < -0.3 is 40.2 Å². The van der Waals surface area contributed by atoms with Gasteiger partial charge in [-0.1, -0.05) is 18.2 Å². The first-order valence-electron chi connectivity index (χ1n) is 14.3. The van der Waals surface area contributed by atoms with Gasteiger partial charge >= 0.3 is 0 Å². The van der Waals surface area contributed by atoms with E-state index in [0.29, 0.717) is 29.4 Å². The summed E-state index contributed by atoms with van der Waals surface area (Å²) in [6, 6.07) is 20.8. The van der Waals surface area contributed by atoms with Crippen molar-refractivity contribution in [3.8, 4) is 40.2 Å². The van der Waals surface area contributed by atoms with E-state index >= 15 is 0 Å². The molecule has 0 radical (unpaired) electrons. The number of aromatic hydroxyl groups is 3. The molecule has 0 aromatic heterocycles. The number of fused-ring (bicyclic) bond motifs is 2. The molecular weight excluding hydrogens is 532 g/mol. The molecule has 2 aliphatic rings. The summed E-state index contributed by atoms with van der Waals surface area (Å²) in [5.41, 5.74) is 6.62. The average Bonchev–Trinajstić information content (AvgIpc) is 3.00. The van der Waals surface area contributed by atoms with Gasteiger partial charge in [0, 0.05) is 12.1 Å². The summed E-state index contributed by atoms with van der Waals surface area (Å²) in [6.07, 6.45) is 3.18. The third-order valence-corrected chi connectivity index (χ3v) is 8.26. The quantitative estimate of drug-likeness (QED) is 0.190. The molecule has 4 aromatic rings. The van der Waals surface area contributed by atoms with Crippen molar-refractivity contribution in [2.75, 3.05) is 27.3 Å². The molecule has 8 heteroatoms. The van der Waals surface area contributed by atoms with Gasteiger partial charge in [0.05, 0.1) is 14.2 Å².